The summed E-state index contributed by atoms with van der Waals surface area (Å²) in [5.74, 6) is 1.07. The second kappa shape index (κ2) is 7.44. The molecule has 2 heterocycles. The maximum Gasteiger partial charge on any atom is 0.573 e. The molecular weight excluding hydrogens is 397 g/mol. The van der Waals surface area contributed by atoms with E-state index < -0.39 is 6.36 Å². The Labute approximate surface area is 172 Å². The third-order valence-electron chi connectivity index (χ3n) is 6.80. The van der Waals surface area contributed by atoms with Crippen molar-refractivity contribution in [2.45, 2.75) is 44.5 Å². The number of carbonyl (C=O) groups is 1. The molecule has 2 aromatic rings. The second-order valence-corrected chi connectivity index (χ2v) is 8.79. The number of hydrogen-bond donors (Lipinski definition) is 2. The molecule has 2 unspecified atom stereocenters. The van der Waals surface area contributed by atoms with Crippen LogP contribution in [-0.2, 0) is 0 Å². The Morgan fingerprint density at radius 3 is 2.73 bits per heavy atom. The van der Waals surface area contributed by atoms with Gasteiger partial charge in [0.25, 0.3) is 5.91 Å². The fourth-order valence-corrected chi connectivity index (χ4v) is 4.93. The normalized spacial score (nSPS) is 26.6. The number of benzene rings is 1. The topological polar surface area (TPSA) is 70.2 Å². The van der Waals surface area contributed by atoms with Crippen LogP contribution in [0.4, 0.5) is 13.2 Å². The SMILES string of the molecule is O=C(c1n[nH]c2ccc(OC(F)(F)F)cc12)N(CC1CC1)C1CNCCC2CC[C@@H]21. The molecule has 3 aliphatic rings. The molecule has 2 aliphatic carbocycles. The first-order valence-corrected chi connectivity index (χ1v) is 10.6. The van der Waals surface area contributed by atoms with Gasteiger partial charge in [-0.1, -0.05) is 0 Å². The zero-order chi connectivity index (χ0) is 20.9. The first-order valence-electron chi connectivity index (χ1n) is 10.6. The molecule has 0 bridgehead atoms. The van der Waals surface area contributed by atoms with Crippen LogP contribution in [0.3, 0.4) is 0 Å². The van der Waals surface area contributed by atoms with Gasteiger partial charge < -0.3 is 15.0 Å². The lowest BCUT2D eigenvalue weighted by Crippen LogP contribution is -2.53. The van der Waals surface area contributed by atoms with E-state index in [1.165, 1.54) is 24.6 Å². The maximum atomic E-state index is 13.6. The Morgan fingerprint density at radius 1 is 1.20 bits per heavy atom. The average Bonchev–Trinajstić information content (AvgIpc) is 3.41. The fourth-order valence-electron chi connectivity index (χ4n) is 4.93. The third kappa shape index (κ3) is 3.87. The lowest BCUT2D eigenvalue weighted by molar-refractivity contribution is -0.274. The number of H-pyrrole nitrogens is 1. The summed E-state index contributed by atoms with van der Waals surface area (Å²) in [5, 5.41) is 10.8. The number of nitrogens with zero attached hydrogens (tertiary/aromatic N) is 2. The highest BCUT2D eigenvalue weighted by Crippen LogP contribution is 2.43. The molecule has 2 saturated carbocycles. The number of halogens is 3. The van der Waals surface area contributed by atoms with E-state index in [2.05, 4.69) is 20.3 Å². The van der Waals surface area contributed by atoms with E-state index in [0.717, 1.165) is 38.8 Å². The molecule has 1 aromatic heterocycles. The molecular formula is C21H25F3N4O2. The average molecular weight is 422 g/mol. The predicted molar refractivity (Wildman–Crippen MR) is 104 cm³/mol. The highest BCUT2D eigenvalue weighted by molar-refractivity contribution is 6.05. The van der Waals surface area contributed by atoms with E-state index in [9.17, 15) is 18.0 Å². The van der Waals surface area contributed by atoms with Gasteiger partial charge in [0.1, 0.15) is 5.75 Å². The van der Waals surface area contributed by atoms with Crippen molar-refractivity contribution in [1.29, 1.82) is 0 Å². The zero-order valence-corrected chi connectivity index (χ0v) is 16.5. The van der Waals surface area contributed by atoms with Crippen molar-refractivity contribution in [1.82, 2.24) is 20.4 Å². The summed E-state index contributed by atoms with van der Waals surface area (Å²) in [6.07, 6.45) is 0.904. The van der Waals surface area contributed by atoms with Crippen molar-refractivity contribution in [3.05, 3.63) is 23.9 Å². The van der Waals surface area contributed by atoms with Crippen LogP contribution < -0.4 is 10.1 Å². The molecule has 1 saturated heterocycles. The van der Waals surface area contributed by atoms with Crippen molar-refractivity contribution < 1.29 is 22.7 Å². The largest absolute Gasteiger partial charge is 0.573 e. The molecule has 9 heteroatoms. The monoisotopic (exact) mass is 422 g/mol. The Morgan fingerprint density at radius 2 is 2.03 bits per heavy atom. The molecule has 162 valence electrons. The number of hydrogen-bond acceptors (Lipinski definition) is 4. The number of rotatable bonds is 5. The second-order valence-electron chi connectivity index (χ2n) is 8.79. The minimum Gasteiger partial charge on any atom is -0.406 e. The molecule has 0 spiro atoms. The number of fused-ring (bicyclic) bond motifs is 2. The van der Waals surface area contributed by atoms with Crippen LogP contribution in [0.15, 0.2) is 18.2 Å². The molecule has 3 atom stereocenters. The molecule has 1 amide bonds. The van der Waals surface area contributed by atoms with Gasteiger partial charge in [0.15, 0.2) is 5.69 Å². The first kappa shape index (κ1) is 19.7. The summed E-state index contributed by atoms with van der Waals surface area (Å²) < 4.78 is 42.0. The number of alkyl halides is 3. The Balaban J connectivity index is 1.47. The van der Waals surface area contributed by atoms with Gasteiger partial charge >= 0.3 is 6.36 Å². The highest BCUT2D eigenvalue weighted by atomic mass is 19.4. The van der Waals surface area contributed by atoms with Crippen LogP contribution in [0.5, 0.6) is 5.75 Å². The van der Waals surface area contributed by atoms with E-state index in [-0.39, 0.29) is 23.4 Å². The third-order valence-corrected chi connectivity index (χ3v) is 6.80. The summed E-state index contributed by atoms with van der Waals surface area (Å²) in [6.45, 7) is 2.40. The molecule has 1 aromatic carbocycles. The van der Waals surface area contributed by atoms with E-state index >= 15 is 0 Å². The van der Waals surface area contributed by atoms with Gasteiger partial charge in [-0.15, -0.1) is 13.2 Å². The van der Waals surface area contributed by atoms with Gasteiger partial charge in [0.2, 0.25) is 0 Å². The summed E-state index contributed by atoms with van der Waals surface area (Å²) in [7, 11) is 0. The Hall–Kier alpha value is -2.29. The van der Waals surface area contributed by atoms with Crippen LogP contribution in [-0.4, -0.2) is 53.0 Å². The van der Waals surface area contributed by atoms with Gasteiger partial charge in [-0.2, -0.15) is 5.10 Å². The minimum atomic E-state index is -4.79. The molecule has 2 N–H and O–H groups in total. The number of carbonyl (C=O) groups excluding carboxylic acids is 1. The van der Waals surface area contributed by atoms with Gasteiger partial charge in [0, 0.05) is 24.5 Å². The van der Waals surface area contributed by atoms with Gasteiger partial charge in [-0.3, -0.25) is 9.89 Å². The van der Waals surface area contributed by atoms with Gasteiger partial charge in [-0.05, 0) is 74.6 Å². The van der Waals surface area contributed by atoms with Gasteiger partial charge in [-0.25, -0.2) is 0 Å². The first-order chi connectivity index (χ1) is 14.4. The molecule has 6 nitrogen and oxygen atoms in total. The van der Waals surface area contributed by atoms with Crippen LogP contribution in [0, 0.1) is 17.8 Å². The maximum absolute atomic E-state index is 13.6. The van der Waals surface area contributed by atoms with Crippen molar-refractivity contribution in [3.63, 3.8) is 0 Å². The Bertz CT molecular complexity index is 940. The standard InChI is InChI=1S/C21H25F3N4O2/c22-21(23,24)30-14-4-6-17-16(9-14)19(27-26-17)20(29)28(11-12-1-2-12)18-10-25-8-7-13-3-5-15(13)18/h4,6,9,12-13,15,18,25H,1-3,5,7-8,10-11H2,(H,26,27)/t13?,15-,18?/m0/s1. The van der Waals surface area contributed by atoms with E-state index in [1.54, 1.807) is 0 Å². The summed E-state index contributed by atoms with van der Waals surface area (Å²) in [5.41, 5.74) is 0.679. The molecule has 1 aliphatic heterocycles. The fraction of sp³-hybridized carbons (Fsp3) is 0.619. The molecule has 0 radical (unpaired) electrons. The molecule has 30 heavy (non-hydrogen) atoms. The van der Waals surface area contributed by atoms with Crippen molar-refractivity contribution in [2.24, 2.45) is 17.8 Å². The van der Waals surface area contributed by atoms with Crippen LogP contribution >= 0.6 is 0 Å². The van der Waals surface area contributed by atoms with Crippen molar-refractivity contribution >= 4 is 16.8 Å². The van der Waals surface area contributed by atoms with Crippen molar-refractivity contribution in [3.8, 4) is 5.75 Å². The molecule has 5 rings (SSSR count). The number of ether oxygens (including phenoxy) is 1. The van der Waals surface area contributed by atoms with Crippen molar-refractivity contribution in [2.75, 3.05) is 19.6 Å². The number of amides is 1. The quantitative estimate of drug-likeness (QED) is 0.771. The lowest BCUT2D eigenvalue weighted by atomic mass is 9.68. The van der Waals surface area contributed by atoms with Crippen LogP contribution in [0.2, 0.25) is 0 Å². The summed E-state index contributed by atoms with van der Waals surface area (Å²) in [4.78, 5) is 15.6. The zero-order valence-electron chi connectivity index (χ0n) is 16.5. The lowest BCUT2D eigenvalue weighted by Gasteiger charge is -2.45. The smallest absolute Gasteiger partial charge is 0.406 e. The number of nitrogens with one attached hydrogen (secondary N) is 2. The van der Waals surface area contributed by atoms with Crippen LogP contribution in [0.25, 0.3) is 10.9 Å². The molecule has 3 fully saturated rings. The van der Waals surface area contributed by atoms with E-state index in [0.29, 0.717) is 35.2 Å². The number of aromatic amines is 1. The summed E-state index contributed by atoms with van der Waals surface area (Å²) in [6, 6.07) is 4.02. The van der Waals surface area contributed by atoms with Gasteiger partial charge in [0.05, 0.1) is 5.52 Å². The number of aromatic nitrogens is 2. The van der Waals surface area contributed by atoms with E-state index in [4.69, 9.17) is 0 Å². The van der Waals surface area contributed by atoms with E-state index in [1.807, 2.05) is 4.90 Å². The minimum absolute atomic E-state index is 0.0979. The van der Waals surface area contributed by atoms with Crippen LogP contribution in [0.1, 0.15) is 42.6 Å². The highest BCUT2D eigenvalue weighted by Gasteiger charge is 2.44. The summed E-state index contributed by atoms with van der Waals surface area (Å²) >= 11 is 0. The predicted octanol–water partition coefficient (Wildman–Crippen LogP) is 3.70. The Kier molecular flexibility index (Phi) is 4.88.